The highest BCUT2D eigenvalue weighted by molar-refractivity contribution is 5.95. The van der Waals surface area contributed by atoms with Gasteiger partial charge in [-0.05, 0) is 133 Å². The molecule has 7 aliphatic heterocycles. The number of likely N-dealkylation sites (tertiary alicyclic amines) is 2. The summed E-state index contributed by atoms with van der Waals surface area (Å²) in [7, 11) is 1.75. The standard InChI is InChI=1S/C62H89N11O7/c1-6-72-51-18-17-43-30-46(51)48(56(72)47-31-44(34-63-52(47)39(2)78-5)68-26-24-67(25-27-68)42-15-16-42)33-61(3,4)38-80-60(77)49-12-9-21-73(66-49)58(75)50(32-45-35-69(43)28-29-79-45)64-57(74)55(41-10-7-8-11-41)70-22-19-62(36-70)20-23-71(37-62)59(76)54-53(65-54)40-13-14-40/h17-18,30-31,34,39-42,45,49-50,53-55,65-66H,6-16,19-29,32-33,35-38H2,1-5H3,(H,64,74)/t39-,45-,49-,50-,53?,54+,55?,62-/m0/s1. The molecule has 3 saturated carbocycles. The first kappa shape index (κ1) is 54.4. The number of ether oxygens (including phenoxy) is 3. The number of hydrogen-bond donors (Lipinski definition) is 3. The van der Waals surface area contributed by atoms with Crippen molar-refractivity contribution in [1.29, 1.82) is 0 Å². The number of rotatable bonds is 12. The number of pyridine rings is 1. The number of carbonyl (C=O) groups excluding carboxylic acids is 4. The zero-order chi connectivity index (χ0) is 55.0. The van der Waals surface area contributed by atoms with Crippen LogP contribution in [0.2, 0.25) is 0 Å². The first-order valence-electron chi connectivity index (χ1n) is 31.1. The number of benzene rings is 1. The van der Waals surface area contributed by atoms with Gasteiger partial charge in [0.05, 0.1) is 54.7 Å². The summed E-state index contributed by atoms with van der Waals surface area (Å²) in [5.74, 6) is 0.347. The molecule has 80 heavy (non-hydrogen) atoms. The third-order valence-corrected chi connectivity index (χ3v) is 20.5. The minimum atomic E-state index is -0.900. The van der Waals surface area contributed by atoms with Crippen molar-refractivity contribution in [1.82, 2.24) is 45.3 Å². The van der Waals surface area contributed by atoms with E-state index in [0.717, 1.165) is 143 Å². The van der Waals surface area contributed by atoms with Crippen molar-refractivity contribution < 1.29 is 33.4 Å². The normalized spacial score (nSPS) is 30.7. The van der Waals surface area contributed by atoms with E-state index in [-0.39, 0.29) is 72.3 Å². The minimum Gasteiger partial charge on any atom is -0.464 e. The highest BCUT2D eigenvalue weighted by atomic mass is 16.5. The summed E-state index contributed by atoms with van der Waals surface area (Å²) in [6.07, 6.45) is 14.5. The summed E-state index contributed by atoms with van der Waals surface area (Å²) < 4.78 is 21.5. The molecule has 2 aromatic heterocycles. The Balaban J connectivity index is 0.808. The van der Waals surface area contributed by atoms with E-state index in [2.05, 4.69) is 97.1 Å². The van der Waals surface area contributed by atoms with Gasteiger partial charge in [0.15, 0.2) is 0 Å². The average molecular weight is 1100 g/mol. The van der Waals surface area contributed by atoms with Crippen molar-refractivity contribution in [3.05, 3.63) is 41.7 Å². The highest BCUT2D eigenvalue weighted by Crippen LogP contribution is 2.47. The predicted octanol–water partition coefficient (Wildman–Crippen LogP) is 5.65. The molecule has 10 aliphatic rings. The lowest BCUT2D eigenvalue weighted by Gasteiger charge is -2.39. The van der Waals surface area contributed by atoms with Crippen LogP contribution in [0.4, 0.5) is 11.4 Å². The highest BCUT2D eigenvalue weighted by Gasteiger charge is 2.55. The molecule has 6 bridgehead atoms. The molecule has 3 aromatic rings. The van der Waals surface area contributed by atoms with Crippen molar-refractivity contribution in [2.75, 3.05) is 102 Å². The van der Waals surface area contributed by atoms with Gasteiger partial charge in [-0.3, -0.25) is 44.3 Å². The maximum absolute atomic E-state index is 15.3. The van der Waals surface area contributed by atoms with Gasteiger partial charge in [-0.2, -0.15) is 0 Å². The lowest BCUT2D eigenvalue weighted by molar-refractivity contribution is -0.156. The van der Waals surface area contributed by atoms with E-state index in [9.17, 15) is 9.59 Å². The Labute approximate surface area is 473 Å². The molecule has 3 amide bonds. The second-order valence-electron chi connectivity index (χ2n) is 26.8. The molecule has 9 heterocycles. The average Bonchev–Trinajstić information content (AvgIpc) is 4.47. The fraction of sp³-hybridized carbons (Fsp3) is 0.726. The Morgan fingerprint density at radius 3 is 2.46 bits per heavy atom. The van der Waals surface area contributed by atoms with Crippen molar-refractivity contribution in [3.8, 4) is 11.3 Å². The van der Waals surface area contributed by atoms with Gasteiger partial charge >= 0.3 is 5.97 Å². The summed E-state index contributed by atoms with van der Waals surface area (Å²) in [6.45, 7) is 18.8. The molecule has 434 valence electrons. The molecular formula is C62H89N11O7. The number of aromatic nitrogens is 2. The lowest BCUT2D eigenvalue weighted by atomic mass is 9.84. The molecular weight excluding hydrogens is 1010 g/mol. The predicted molar refractivity (Wildman–Crippen MR) is 307 cm³/mol. The molecule has 0 radical (unpaired) electrons. The third kappa shape index (κ3) is 10.9. The van der Waals surface area contributed by atoms with E-state index in [1.807, 2.05) is 6.20 Å². The third-order valence-electron chi connectivity index (χ3n) is 20.5. The molecule has 2 unspecified atom stereocenters. The molecule has 18 nitrogen and oxygen atoms in total. The number of esters is 1. The van der Waals surface area contributed by atoms with Crippen LogP contribution in [0.25, 0.3) is 22.2 Å². The van der Waals surface area contributed by atoms with E-state index in [1.165, 1.54) is 31.2 Å². The fourth-order valence-corrected chi connectivity index (χ4v) is 15.6. The lowest BCUT2D eigenvalue weighted by Crippen LogP contribution is -2.62. The van der Waals surface area contributed by atoms with Gasteiger partial charge in [0.2, 0.25) is 11.8 Å². The number of aryl methyl sites for hydroxylation is 1. The van der Waals surface area contributed by atoms with Gasteiger partial charge in [-0.25, -0.2) is 5.43 Å². The summed E-state index contributed by atoms with van der Waals surface area (Å²) in [6, 6.07) is 8.26. The number of carbonyl (C=O) groups is 4. The van der Waals surface area contributed by atoms with Crippen molar-refractivity contribution in [3.63, 3.8) is 0 Å². The van der Waals surface area contributed by atoms with Crippen LogP contribution >= 0.6 is 0 Å². The first-order chi connectivity index (χ1) is 38.8. The van der Waals surface area contributed by atoms with Gasteiger partial charge in [0.1, 0.15) is 18.1 Å². The van der Waals surface area contributed by atoms with Crippen LogP contribution in [0.15, 0.2) is 30.5 Å². The van der Waals surface area contributed by atoms with Crippen LogP contribution in [-0.2, 0) is 46.4 Å². The number of piperazine rings is 1. The second kappa shape index (κ2) is 22.0. The molecule has 3 aliphatic carbocycles. The Bertz CT molecular complexity index is 2820. The SMILES string of the molecule is CCn1c(-c2cc(N3CCN(C4CC4)CC3)cnc2[C@H](C)OC)c2c3cc(ccc31)N1CCO[C@@H](C[C@H](NC(=O)C(C3CCCC3)N3CC[C@]4(CCN(C(=O)[C@@H]5NC5C5CC5)C4)C3)C(=O)N3CCC[C@H](N3)C(=O)OCC(C)(C)C2)C1. The van der Waals surface area contributed by atoms with Gasteiger partial charge in [-0.1, -0.05) is 26.7 Å². The van der Waals surface area contributed by atoms with Crippen LogP contribution < -0.4 is 25.9 Å². The second-order valence-corrected chi connectivity index (χ2v) is 26.8. The number of hydrazine groups is 1. The number of amides is 3. The van der Waals surface area contributed by atoms with Gasteiger partial charge in [0, 0.05) is 131 Å². The molecule has 8 atom stereocenters. The quantitative estimate of drug-likeness (QED) is 0.150. The van der Waals surface area contributed by atoms with E-state index >= 15 is 9.59 Å². The largest absolute Gasteiger partial charge is 0.464 e. The van der Waals surface area contributed by atoms with Crippen LogP contribution in [0, 0.1) is 22.7 Å². The van der Waals surface area contributed by atoms with Gasteiger partial charge in [0.25, 0.3) is 5.91 Å². The van der Waals surface area contributed by atoms with Crippen LogP contribution in [-0.4, -0.2) is 188 Å². The Morgan fingerprint density at radius 1 is 0.900 bits per heavy atom. The number of fused-ring (bicyclic) bond motifs is 6. The Kier molecular flexibility index (Phi) is 15.0. The molecule has 13 rings (SSSR count). The molecule has 1 aromatic carbocycles. The number of nitrogens with one attached hydrogen (secondary N) is 3. The molecule has 1 spiro atoms. The Morgan fingerprint density at radius 2 is 1.70 bits per heavy atom. The Hall–Kier alpha value is -4.85. The number of methoxy groups -OCH3 is 1. The fourth-order valence-electron chi connectivity index (χ4n) is 15.6. The molecule has 18 heteroatoms. The summed E-state index contributed by atoms with van der Waals surface area (Å²) in [5.41, 5.74) is 10.4. The summed E-state index contributed by atoms with van der Waals surface area (Å²) in [4.78, 5) is 75.7. The number of morpholine rings is 1. The summed E-state index contributed by atoms with van der Waals surface area (Å²) in [5, 5.41) is 9.60. The van der Waals surface area contributed by atoms with Crippen LogP contribution in [0.1, 0.15) is 129 Å². The van der Waals surface area contributed by atoms with E-state index in [0.29, 0.717) is 57.5 Å². The molecule has 9 fully saturated rings. The van der Waals surface area contributed by atoms with Crippen molar-refractivity contribution in [2.24, 2.45) is 22.7 Å². The monoisotopic (exact) mass is 1100 g/mol. The number of nitrogens with zero attached hydrogens (tertiary/aromatic N) is 8. The smallest absolute Gasteiger partial charge is 0.324 e. The maximum Gasteiger partial charge on any atom is 0.324 e. The van der Waals surface area contributed by atoms with Crippen molar-refractivity contribution >= 4 is 46.0 Å². The van der Waals surface area contributed by atoms with Crippen LogP contribution in [0.5, 0.6) is 0 Å². The number of cyclic esters (lactones) is 1. The van der Waals surface area contributed by atoms with E-state index in [4.69, 9.17) is 19.2 Å². The van der Waals surface area contributed by atoms with Crippen LogP contribution in [0.3, 0.4) is 0 Å². The number of anilines is 2. The summed E-state index contributed by atoms with van der Waals surface area (Å²) >= 11 is 0. The van der Waals surface area contributed by atoms with E-state index in [1.54, 1.807) is 12.1 Å². The topological polar surface area (TPSA) is 179 Å². The first-order valence-corrected chi connectivity index (χ1v) is 31.1. The number of hydrogen-bond acceptors (Lipinski definition) is 14. The minimum absolute atomic E-state index is 0.0254. The van der Waals surface area contributed by atoms with Gasteiger partial charge in [-0.15, -0.1) is 0 Å². The maximum atomic E-state index is 15.3. The van der Waals surface area contributed by atoms with Crippen molar-refractivity contribution in [2.45, 2.75) is 173 Å². The molecule has 6 saturated heterocycles. The van der Waals surface area contributed by atoms with E-state index < -0.39 is 17.5 Å². The van der Waals surface area contributed by atoms with Gasteiger partial charge < -0.3 is 38.8 Å². The molecule has 3 N–H and O–H groups in total. The zero-order valence-corrected chi connectivity index (χ0v) is 48.4. The zero-order valence-electron chi connectivity index (χ0n) is 48.4.